The fourth-order valence-corrected chi connectivity index (χ4v) is 2.24. The Bertz CT molecular complexity index is 611. The number of aliphatic carboxylic acids is 1. The molecule has 0 saturated heterocycles. The first kappa shape index (κ1) is 15.8. The number of carboxylic acid groups (broad SMARTS) is 1. The first-order valence-electron chi connectivity index (χ1n) is 7.29. The second-order valence-corrected chi connectivity index (χ2v) is 5.11. The number of benzene rings is 2. The third-order valence-corrected chi connectivity index (χ3v) is 3.44. The Morgan fingerprint density at radius 2 is 1.55 bits per heavy atom. The van der Waals surface area contributed by atoms with Gasteiger partial charge in [-0.3, -0.25) is 4.79 Å². The molecule has 1 atom stereocenters. The molecule has 2 N–H and O–H groups in total. The van der Waals surface area contributed by atoms with Gasteiger partial charge in [0.2, 0.25) is 0 Å². The van der Waals surface area contributed by atoms with Crippen LogP contribution in [-0.4, -0.2) is 23.0 Å². The zero-order chi connectivity index (χ0) is 15.8. The number of aryl methyl sites for hydroxylation is 1. The molecule has 4 nitrogen and oxygen atoms in total. The second kappa shape index (κ2) is 7.98. The van der Waals surface area contributed by atoms with Gasteiger partial charge in [0, 0.05) is 5.56 Å². The van der Waals surface area contributed by atoms with Crippen LogP contribution < -0.4 is 5.32 Å². The number of carbonyl (C=O) groups excluding carboxylic acids is 1. The summed E-state index contributed by atoms with van der Waals surface area (Å²) in [5.74, 6) is -1.36. The predicted molar refractivity (Wildman–Crippen MR) is 84.7 cm³/mol. The molecule has 0 fully saturated rings. The van der Waals surface area contributed by atoms with Gasteiger partial charge in [-0.1, -0.05) is 48.5 Å². The summed E-state index contributed by atoms with van der Waals surface area (Å²) >= 11 is 0. The number of nitrogens with one attached hydrogen (secondary N) is 1. The first-order valence-corrected chi connectivity index (χ1v) is 7.29. The maximum absolute atomic E-state index is 12.0. The molecular weight excluding hydrogens is 278 g/mol. The van der Waals surface area contributed by atoms with E-state index in [1.54, 1.807) is 24.3 Å². The Kier molecular flexibility index (Phi) is 5.72. The van der Waals surface area contributed by atoms with Crippen LogP contribution in [0.15, 0.2) is 60.7 Å². The molecule has 0 aromatic heterocycles. The number of hydrogen-bond donors (Lipinski definition) is 2. The van der Waals surface area contributed by atoms with E-state index in [0.717, 1.165) is 6.42 Å². The maximum atomic E-state index is 12.0. The number of hydrogen-bond acceptors (Lipinski definition) is 2. The van der Waals surface area contributed by atoms with Crippen LogP contribution in [0.5, 0.6) is 0 Å². The molecule has 2 rings (SSSR count). The molecule has 1 amide bonds. The van der Waals surface area contributed by atoms with Gasteiger partial charge >= 0.3 is 5.97 Å². The lowest BCUT2D eigenvalue weighted by Crippen LogP contribution is -2.40. The van der Waals surface area contributed by atoms with Gasteiger partial charge in [0.05, 0.1) is 0 Å². The molecule has 0 radical (unpaired) electrons. The fourth-order valence-electron chi connectivity index (χ4n) is 2.24. The van der Waals surface area contributed by atoms with Crippen LogP contribution in [0.2, 0.25) is 0 Å². The Labute approximate surface area is 129 Å². The fraction of sp³-hybridized carbons (Fsp3) is 0.222. The van der Waals surface area contributed by atoms with Gasteiger partial charge in [-0.25, -0.2) is 4.79 Å². The van der Waals surface area contributed by atoms with Crippen molar-refractivity contribution >= 4 is 11.9 Å². The normalized spacial score (nSPS) is 11.6. The van der Waals surface area contributed by atoms with Gasteiger partial charge in [-0.2, -0.15) is 0 Å². The summed E-state index contributed by atoms with van der Waals surface area (Å²) in [6.07, 6.45) is 1.91. The monoisotopic (exact) mass is 297 g/mol. The van der Waals surface area contributed by atoms with Crippen molar-refractivity contribution in [3.8, 4) is 0 Å². The Morgan fingerprint density at radius 3 is 2.14 bits per heavy atom. The van der Waals surface area contributed by atoms with Gasteiger partial charge in [0.15, 0.2) is 0 Å². The summed E-state index contributed by atoms with van der Waals surface area (Å²) in [6.45, 7) is 0. The second-order valence-electron chi connectivity index (χ2n) is 5.11. The summed E-state index contributed by atoms with van der Waals surface area (Å²) in [6, 6.07) is 17.7. The van der Waals surface area contributed by atoms with Crippen molar-refractivity contribution in [2.45, 2.75) is 25.3 Å². The predicted octanol–water partition coefficient (Wildman–Crippen LogP) is 2.89. The van der Waals surface area contributed by atoms with Gasteiger partial charge in [0.25, 0.3) is 5.91 Å². The van der Waals surface area contributed by atoms with Crippen molar-refractivity contribution < 1.29 is 14.7 Å². The minimum absolute atomic E-state index is 0.354. The molecule has 2 aromatic rings. The standard InChI is InChI=1S/C18H19NO3/c20-17(15-11-5-2-6-12-15)19-16(18(21)22)13-7-10-14-8-3-1-4-9-14/h1-6,8-9,11-12,16H,7,10,13H2,(H,19,20)(H,21,22)/t16-/m1/s1. The Balaban J connectivity index is 1.87. The van der Waals surface area contributed by atoms with Crippen LogP contribution in [0.25, 0.3) is 0 Å². The van der Waals surface area contributed by atoms with Gasteiger partial charge < -0.3 is 10.4 Å². The third kappa shape index (κ3) is 4.74. The number of rotatable bonds is 7. The van der Waals surface area contributed by atoms with E-state index in [0.29, 0.717) is 18.4 Å². The number of amides is 1. The summed E-state index contributed by atoms with van der Waals surface area (Å²) in [5, 5.41) is 11.8. The summed E-state index contributed by atoms with van der Waals surface area (Å²) in [5.41, 5.74) is 1.64. The number of carboxylic acids is 1. The zero-order valence-electron chi connectivity index (χ0n) is 12.2. The molecule has 22 heavy (non-hydrogen) atoms. The average Bonchev–Trinajstić information content (AvgIpc) is 2.55. The van der Waals surface area contributed by atoms with E-state index in [1.165, 1.54) is 5.56 Å². The van der Waals surface area contributed by atoms with E-state index in [2.05, 4.69) is 5.32 Å². The highest BCUT2D eigenvalue weighted by atomic mass is 16.4. The van der Waals surface area contributed by atoms with Crippen LogP contribution in [0.3, 0.4) is 0 Å². The summed E-state index contributed by atoms with van der Waals surface area (Å²) in [7, 11) is 0. The summed E-state index contributed by atoms with van der Waals surface area (Å²) in [4.78, 5) is 23.3. The topological polar surface area (TPSA) is 66.4 Å². The number of carbonyl (C=O) groups is 2. The maximum Gasteiger partial charge on any atom is 0.326 e. The molecule has 0 saturated carbocycles. The molecule has 0 unspecified atom stereocenters. The minimum atomic E-state index is -1.00. The molecule has 0 spiro atoms. The van der Waals surface area contributed by atoms with Crippen LogP contribution in [0.1, 0.15) is 28.8 Å². The molecule has 0 aliphatic rings. The molecule has 114 valence electrons. The van der Waals surface area contributed by atoms with Crippen LogP contribution in [0.4, 0.5) is 0 Å². The van der Waals surface area contributed by atoms with E-state index in [1.807, 2.05) is 36.4 Å². The Morgan fingerprint density at radius 1 is 0.955 bits per heavy atom. The van der Waals surface area contributed by atoms with Crippen molar-refractivity contribution in [3.05, 3.63) is 71.8 Å². The average molecular weight is 297 g/mol. The van der Waals surface area contributed by atoms with Crippen molar-refractivity contribution in [3.63, 3.8) is 0 Å². The highest BCUT2D eigenvalue weighted by Gasteiger charge is 2.20. The van der Waals surface area contributed by atoms with E-state index >= 15 is 0 Å². The van der Waals surface area contributed by atoms with Gasteiger partial charge in [-0.05, 0) is 37.0 Å². The van der Waals surface area contributed by atoms with E-state index in [9.17, 15) is 14.7 Å². The van der Waals surface area contributed by atoms with Gasteiger partial charge in [0.1, 0.15) is 6.04 Å². The first-order chi connectivity index (χ1) is 10.7. The Hall–Kier alpha value is -2.62. The van der Waals surface area contributed by atoms with Crippen molar-refractivity contribution in [2.75, 3.05) is 0 Å². The van der Waals surface area contributed by atoms with Crippen molar-refractivity contribution in [1.29, 1.82) is 0 Å². The molecule has 0 heterocycles. The molecular formula is C18H19NO3. The molecule has 0 aliphatic heterocycles. The highest BCUT2D eigenvalue weighted by molar-refractivity contribution is 5.96. The largest absolute Gasteiger partial charge is 0.480 e. The molecule has 2 aromatic carbocycles. The minimum Gasteiger partial charge on any atom is -0.480 e. The SMILES string of the molecule is O=C(N[C@H](CCCc1ccccc1)C(=O)O)c1ccccc1. The van der Waals surface area contributed by atoms with Crippen molar-refractivity contribution in [1.82, 2.24) is 5.32 Å². The van der Waals surface area contributed by atoms with Crippen LogP contribution in [0, 0.1) is 0 Å². The van der Waals surface area contributed by atoms with E-state index in [4.69, 9.17) is 0 Å². The highest BCUT2D eigenvalue weighted by Crippen LogP contribution is 2.08. The summed E-state index contributed by atoms with van der Waals surface area (Å²) < 4.78 is 0. The lowest BCUT2D eigenvalue weighted by atomic mass is 10.0. The van der Waals surface area contributed by atoms with Crippen molar-refractivity contribution in [2.24, 2.45) is 0 Å². The molecule has 4 heteroatoms. The lowest BCUT2D eigenvalue weighted by molar-refractivity contribution is -0.139. The van der Waals surface area contributed by atoms with E-state index in [-0.39, 0.29) is 5.91 Å². The molecule has 0 bridgehead atoms. The lowest BCUT2D eigenvalue weighted by Gasteiger charge is -2.14. The van der Waals surface area contributed by atoms with Gasteiger partial charge in [-0.15, -0.1) is 0 Å². The zero-order valence-corrected chi connectivity index (χ0v) is 12.2. The van der Waals surface area contributed by atoms with Crippen LogP contribution in [-0.2, 0) is 11.2 Å². The van der Waals surface area contributed by atoms with Crippen LogP contribution >= 0.6 is 0 Å². The molecule has 0 aliphatic carbocycles. The van der Waals surface area contributed by atoms with E-state index < -0.39 is 12.0 Å². The smallest absolute Gasteiger partial charge is 0.326 e. The quantitative estimate of drug-likeness (QED) is 0.826. The third-order valence-electron chi connectivity index (χ3n) is 3.44.